The lowest BCUT2D eigenvalue weighted by atomic mass is 10.0. The molecule has 0 bridgehead atoms. The third kappa shape index (κ3) is 12.9. The number of ether oxygens (including phenoxy) is 5. The number of carbonyl (C=O) groups is 7. The van der Waals surface area contributed by atoms with Crippen molar-refractivity contribution in [2.75, 3.05) is 24.8 Å². The molecule has 1 unspecified atom stereocenters. The lowest BCUT2D eigenvalue weighted by Gasteiger charge is -2.49. The Labute approximate surface area is 414 Å². The van der Waals surface area contributed by atoms with E-state index in [4.69, 9.17) is 34.3 Å². The van der Waals surface area contributed by atoms with Crippen molar-refractivity contribution in [3.8, 4) is 0 Å². The van der Waals surface area contributed by atoms with Gasteiger partial charge in [0, 0.05) is 5.38 Å². The van der Waals surface area contributed by atoms with E-state index in [9.17, 15) is 33.6 Å². The molecule has 4 aromatic carbocycles. The van der Waals surface area contributed by atoms with Crippen LogP contribution in [0.15, 0.2) is 143 Å². The van der Waals surface area contributed by atoms with Crippen molar-refractivity contribution in [3.63, 3.8) is 0 Å². The summed E-state index contributed by atoms with van der Waals surface area (Å²) in [6, 6.07) is 32.9. The first-order valence-electron chi connectivity index (χ1n) is 21.7. The fraction of sp³-hybridized carbons (Fsp3) is 0.245. The number of primary amides is 1. The maximum absolute atomic E-state index is 14.1. The number of hydrogen-bond acceptors (Lipinski definition) is 17. The van der Waals surface area contributed by atoms with Gasteiger partial charge in [-0.15, -0.1) is 23.1 Å². The number of thiazole rings is 1. The number of hydrogen-bond donors (Lipinski definition) is 4. The zero-order valence-corrected chi connectivity index (χ0v) is 40.1. The van der Waals surface area contributed by atoms with Crippen LogP contribution in [0.4, 0.5) is 19.5 Å². The Morgan fingerprint density at radius 1 is 0.803 bits per heavy atom. The first-order valence-corrected chi connectivity index (χ1v) is 23.6. The zero-order chi connectivity index (χ0) is 50.7. The minimum atomic E-state index is -1.53. The summed E-state index contributed by atoms with van der Waals surface area (Å²) in [4.78, 5) is 104. The molecule has 3 heterocycles. The van der Waals surface area contributed by atoms with E-state index in [-0.39, 0.29) is 28.0 Å². The quantitative estimate of drug-likeness (QED) is 0.0262. The molecule has 368 valence electrons. The number of nitrogens with two attached hydrogens (primary N) is 1. The molecule has 2 aliphatic rings. The van der Waals surface area contributed by atoms with E-state index in [1.807, 2.05) is 12.1 Å². The second-order valence-electron chi connectivity index (χ2n) is 16.4. The zero-order valence-electron chi connectivity index (χ0n) is 38.5. The molecular weight excluding hydrogens is 959 g/mol. The summed E-state index contributed by atoms with van der Waals surface area (Å²) < 4.78 is 27.9. The maximum atomic E-state index is 14.1. The Morgan fingerprint density at radius 3 is 1.85 bits per heavy atom. The molecular formula is C49H47N7O13S2. The third-order valence-corrected chi connectivity index (χ3v) is 12.2. The molecule has 5 N–H and O–H groups in total. The van der Waals surface area contributed by atoms with Gasteiger partial charge in [-0.2, -0.15) is 0 Å². The number of carbonyl (C=O) groups excluding carboxylic acids is 7. The van der Waals surface area contributed by atoms with Crippen LogP contribution in [0.5, 0.6) is 0 Å². The number of benzene rings is 4. The molecule has 1 aromatic heterocycles. The van der Waals surface area contributed by atoms with Crippen LogP contribution in [-0.2, 0) is 47.7 Å². The van der Waals surface area contributed by atoms with Crippen molar-refractivity contribution < 1.29 is 62.1 Å². The number of alkyl carbamates (subject to hydrolysis) is 1. The Bertz CT molecular complexity index is 2730. The minimum absolute atomic E-state index is 0.0811. The van der Waals surface area contributed by atoms with Crippen LogP contribution < -0.4 is 21.7 Å². The number of thioether (sulfide) groups is 1. The number of rotatable bonds is 17. The summed E-state index contributed by atoms with van der Waals surface area (Å²) in [5, 5.41) is 11.7. The van der Waals surface area contributed by atoms with Crippen molar-refractivity contribution in [2.24, 2.45) is 10.9 Å². The fourth-order valence-electron chi connectivity index (χ4n) is 7.16. The SMILES string of the molecule is CO/N=C(/C(=O)N[C@@H]1C(=O)N2C(C(=O)OC(c3ccccc3)c3ccccc3)=C(OC(N)=O)CS[C@H]12)c1csc(NC(=O)OCC(NC(=O)OC(C)(C)C)C(=O)OC(c2ccccc2)c2ccccc2)n1. The van der Waals surface area contributed by atoms with Crippen molar-refractivity contribution in [1.82, 2.24) is 20.5 Å². The molecule has 5 aromatic rings. The predicted octanol–water partition coefficient (Wildman–Crippen LogP) is 6.31. The Hall–Kier alpha value is -8.24. The van der Waals surface area contributed by atoms with E-state index in [0.29, 0.717) is 22.3 Å². The Kier molecular flexibility index (Phi) is 16.3. The van der Waals surface area contributed by atoms with Gasteiger partial charge in [0.1, 0.15) is 36.4 Å². The number of nitrogens with one attached hydrogen (secondary N) is 3. The van der Waals surface area contributed by atoms with Crippen molar-refractivity contribution in [2.45, 2.75) is 56.0 Å². The van der Waals surface area contributed by atoms with Crippen molar-refractivity contribution in [1.29, 1.82) is 0 Å². The second kappa shape index (κ2) is 22.9. The van der Waals surface area contributed by atoms with Crippen LogP contribution in [-0.4, -0.2) is 100 Å². The van der Waals surface area contributed by atoms with Gasteiger partial charge in [-0.1, -0.05) is 126 Å². The van der Waals surface area contributed by atoms with Crippen LogP contribution >= 0.6 is 23.1 Å². The van der Waals surface area contributed by atoms with Gasteiger partial charge in [-0.3, -0.25) is 19.8 Å². The molecule has 3 atom stereocenters. The van der Waals surface area contributed by atoms with E-state index in [1.165, 1.54) is 12.5 Å². The summed E-state index contributed by atoms with van der Waals surface area (Å²) in [5.74, 6) is -3.89. The summed E-state index contributed by atoms with van der Waals surface area (Å²) in [7, 11) is 1.18. The molecule has 1 fully saturated rings. The van der Waals surface area contributed by atoms with Gasteiger partial charge in [-0.25, -0.2) is 29.0 Å². The highest BCUT2D eigenvalue weighted by Gasteiger charge is 2.56. The van der Waals surface area contributed by atoms with E-state index in [0.717, 1.165) is 28.0 Å². The van der Waals surface area contributed by atoms with Gasteiger partial charge < -0.3 is 44.9 Å². The standard InChI is InChI=1S/C49H47N7O13S2/c1-49(2,3)69-48(63)52-32(43(59)67-38(28-17-9-5-10-18-28)29-19-11-6-12-20-29)25-65-47(62)54-46-51-33(26-71-46)35(55-64-4)40(57)53-36-41(58)56-37(34(66-45(50)61)27-70-42(36)56)44(60)68-39(30-21-13-7-14-22-30)31-23-15-8-16-24-31/h5-24,26,32,36,38-39,42H,25,27H2,1-4H3,(H2,50,61)(H,52,63)(H,53,57)(H,51,54,62)/b55-35+/t32?,36-,42-/m1/s1. The van der Waals surface area contributed by atoms with Crippen LogP contribution in [0.25, 0.3) is 0 Å². The number of oxime groups is 1. The van der Waals surface area contributed by atoms with E-state index in [2.05, 4.69) is 26.1 Å². The highest BCUT2D eigenvalue weighted by atomic mass is 32.2. The van der Waals surface area contributed by atoms with E-state index < -0.39 is 89.6 Å². The lowest BCUT2D eigenvalue weighted by Crippen LogP contribution is -2.71. The molecule has 20 nitrogen and oxygen atoms in total. The monoisotopic (exact) mass is 1010 g/mol. The summed E-state index contributed by atoms with van der Waals surface area (Å²) >= 11 is 1.95. The molecule has 0 radical (unpaired) electrons. The molecule has 1 saturated heterocycles. The Morgan fingerprint density at radius 2 is 1.34 bits per heavy atom. The lowest BCUT2D eigenvalue weighted by molar-refractivity contribution is -0.154. The van der Waals surface area contributed by atoms with Gasteiger partial charge in [0.25, 0.3) is 11.8 Å². The molecule has 0 spiro atoms. The number of esters is 2. The smallest absolute Gasteiger partial charge is 0.413 e. The summed E-state index contributed by atoms with van der Waals surface area (Å²) in [6.45, 7) is 4.21. The van der Waals surface area contributed by atoms with E-state index >= 15 is 0 Å². The number of fused-ring (bicyclic) bond motifs is 1. The normalized spacial score (nSPS) is 15.9. The van der Waals surface area contributed by atoms with Crippen molar-refractivity contribution in [3.05, 3.63) is 166 Å². The van der Waals surface area contributed by atoms with E-state index in [1.54, 1.807) is 130 Å². The molecule has 5 amide bonds. The highest BCUT2D eigenvalue weighted by Crippen LogP contribution is 2.42. The average molecular weight is 1010 g/mol. The molecule has 0 aliphatic carbocycles. The molecule has 7 rings (SSSR count). The predicted molar refractivity (Wildman–Crippen MR) is 258 cm³/mol. The topological polar surface area (TPSA) is 265 Å². The van der Waals surface area contributed by atoms with Gasteiger partial charge >= 0.3 is 30.2 Å². The van der Waals surface area contributed by atoms with Crippen LogP contribution in [0, 0.1) is 0 Å². The highest BCUT2D eigenvalue weighted by molar-refractivity contribution is 8.00. The van der Waals surface area contributed by atoms with Gasteiger partial charge in [0.05, 0.1) is 5.75 Å². The third-order valence-electron chi connectivity index (χ3n) is 10.2. The first-order chi connectivity index (χ1) is 34.1. The van der Waals surface area contributed by atoms with Crippen LogP contribution in [0.3, 0.4) is 0 Å². The van der Waals surface area contributed by atoms with Gasteiger partial charge in [0.2, 0.25) is 0 Å². The maximum Gasteiger partial charge on any atom is 0.413 e. The number of anilines is 1. The average Bonchev–Trinajstić information content (AvgIpc) is 3.82. The van der Waals surface area contributed by atoms with Gasteiger partial charge in [0.15, 0.2) is 40.5 Å². The van der Waals surface area contributed by atoms with Crippen LogP contribution in [0.1, 0.15) is 60.9 Å². The minimum Gasteiger partial charge on any atom is -0.451 e. The molecule has 22 heteroatoms. The second-order valence-corrected chi connectivity index (χ2v) is 18.3. The first kappa shape index (κ1) is 50.6. The number of β-lactam (4-membered cyclic amide) rings is 1. The largest absolute Gasteiger partial charge is 0.451 e. The molecule has 0 saturated carbocycles. The summed E-state index contributed by atoms with van der Waals surface area (Å²) in [6.07, 6.45) is -5.08. The Balaban J connectivity index is 1.01. The fourth-order valence-corrected chi connectivity index (χ4v) is 9.09. The number of amides is 5. The van der Waals surface area contributed by atoms with Crippen molar-refractivity contribution >= 4 is 76.0 Å². The number of aromatic nitrogens is 1. The molecule has 2 aliphatic heterocycles. The van der Waals surface area contributed by atoms with Crippen LogP contribution in [0.2, 0.25) is 0 Å². The number of nitrogens with zero attached hydrogens (tertiary/aromatic N) is 3. The van der Waals surface area contributed by atoms with Gasteiger partial charge in [-0.05, 0) is 43.0 Å². The summed E-state index contributed by atoms with van der Waals surface area (Å²) in [5.41, 5.74) is 6.13. The molecule has 71 heavy (non-hydrogen) atoms.